The summed E-state index contributed by atoms with van der Waals surface area (Å²) in [7, 11) is 1.75. The van der Waals surface area contributed by atoms with Gasteiger partial charge in [-0.3, -0.25) is 4.79 Å². The van der Waals surface area contributed by atoms with E-state index in [1.807, 2.05) is 30.3 Å². The maximum Gasteiger partial charge on any atom is 0.195 e. The Kier molecular flexibility index (Phi) is 3.12. The minimum absolute atomic E-state index is 0.0313. The molecular weight excluding hydrogens is 202 g/mol. The molecule has 2 rings (SSSR count). The largest absolute Gasteiger partial charge is 0.313 e. The summed E-state index contributed by atoms with van der Waals surface area (Å²) in [6.45, 7) is 0.318. The average Bonchev–Trinajstić information content (AvgIpc) is 2.79. The summed E-state index contributed by atoms with van der Waals surface area (Å²) in [4.78, 5) is 11.8. The first kappa shape index (κ1) is 10.6. The zero-order valence-corrected chi connectivity index (χ0v) is 9.05. The molecule has 1 N–H and O–H groups in total. The summed E-state index contributed by atoms with van der Waals surface area (Å²) in [6.07, 6.45) is 1.63. The lowest BCUT2D eigenvalue weighted by Crippen LogP contribution is -2.21. The van der Waals surface area contributed by atoms with Crippen LogP contribution in [0.25, 0.3) is 5.69 Å². The second kappa shape index (κ2) is 4.72. The van der Waals surface area contributed by atoms with E-state index in [4.69, 9.17) is 0 Å². The van der Waals surface area contributed by atoms with Crippen molar-refractivity contribution in [1.82, 2.24) is 15.1 Å². The monoisotopic (exact) mass is 215 g/mol. The molecule has 0 aliphatic carbocycles. The number of rotatable bonds is 4. The molecule has 0 atom stereocenters. The summed E-state index contributed by atoms with van der Waals surface area (Å²) >= 11 is 0. The standard InChI is InChI=1S/C12H13N3O/c1-13-9-12(16)11-7-8-14-15(11)10-5-3-2-4-6-10/h2-8,13H,9H2,1H3. The fraction of sp³-hybridized carbons (Fsp3) is 0.167. The van der Waals surface area contributed by atoms with Gasteiger partial charge in [0.1, 0.15) is 5.69 Å². The van der Waals surface area contributed by atoms with Gasteiger partial charge in [0, 0.05) is 0 Å². The summed E-state index contributed by atoms with van der Waals surface area (Å²) in [5.41, 5.74) is 1.49. The zero-order valence-electron chi connectivity index (χ0n) is 9.05. The van der Waals surface area contributed by atoms with E-state index in [-0.39, 0.29) is 5.78 Å². The van der Waals surface area contributed by atoms with E-state index in [0.717, 1.165) is 5.69 Å². The summed E-state index contributed by atoms with van der Waals surface area (Å²) in [5, 5.41) is 7.00. The third-order valence-electron chi connectivity index (χ3n) is 2.27. The molecule has 0 aliphatic rings. The van der Waals surface area contributed by atoms with Gasteiger partial charge < -0.3 is 5.32 Å². The van der Waals surface area contributed by atoms with Crippen molar-refractivity contribution in [3.63, 3.8) is 0 Å². The van der Waals surface area contributed by atoms with Gasteiger partial charge in [-0.15, -0.1) is 0 Å². The molecule has 1 heterocycles. The maximum absolute atomic E-state index is 11.8. The SMILES string of the molecule is CNCC(=O)c1ccnn1-c1ccccc1. The van der Waals surface area contributed by atoms with Gasteiger partial charge in [-0.05, 0) is 25.2 Å². The average molecular weight is 215 g/mol. The van der Waals surface area contributed by atoms with Crippen LogP contribution in [0.3, 0.4) is 0 Å². The molecule has 82 valence electrons. The molecule has 4 heteroatoms. The molecule has 0 bridgehead atoms. The number of likely N-dealkylation sites (N-methyl/N-ethyl adjacent to an activating group) is 1. The molecule has 0 radical (unpaired) electrons. The zero-order chi connectivity index (χ0) is 11.4. The third kappa shape index (κ3) is 2.01. The van der Waals surface area contributed by atoms with Crippen molar-refractivity contribution in [2.45, 2.75) is 0 Å². The molecule has 0 unspecified atom stereocenters. The number of nitrogens with zero attached hydrogens (tertiary/aromatic N) is 2. The van der Waals surface area contributed by atoms with Crippen LogP contribution in [0.15, 0.2) is 42.6 Å². The number of para-hydroxylation sites is 1. The van der Waals surface area contributed by atoms with E-state index in [9.17, 15) is 4.79 Å². The molecule has 0 aliphatic heterocycles. The van der Waals surface area contributed by atoms with Crippen LogP contribution >= 0.6 is 0 Å². The second-order valence-corrected chi connectivity index (χ2v) is 3.42. The highest BCUT2D eigenvalue weighted by Gasteiger charge is 2.11. The topological polar surface area (TPSA) is 46.9 Å². The van der Waals surface area contributed by atoms with Crippen molar-refractivity contribution in [3.8, 4) is 5.69 Å². The van der Waals surface area contributed by atoms with E-state index in [1.54, 1.807) is 24.0 Å². The number of nitrogens with one attached hydrogen (secondary N) is 1. The first-order valence-electron chi connectivity index (χ1n) is 5.10. The van der Waals surface area contributed by atoms with Gasteiger partial charge in [0.2, 0.25) is 0 Å². The van der Waals surface area contributed by atoms with Crippen molar-refractivity contribution in [2.75, 3.05) is 13.6 Å². The smallest absolute Gasteiger partial charge is 0.195 e. The molecule has 1 aromatic heterocycles. The van der Waals surface area contributed by atoms with Crippen molar-refractivity contribution in [1.29, 1.82) is 0 Å². The van der Waals surface area contributed by atoms with Crippen molar-refractivity contribution >= 4 is 5.78 Å². The Hall–Kier alpha value is -1.94. The van der Waals surface area contributed by atoms with Crippen LogP contribution in [0, 0.1) is 0 Å². The molecule has 16 heavy (non-hydrogen) atoms. The Morgan fingerprint density at radius 3 is 2.75 bits per heavy atom. The van der Waals surface area contributed by atoms with Gasteiger partial charge in [0.25, 0.3) is 0 Å². The molecule has 0 amide bonds. The van der Waals surface area contributed by atoms with Gasteiger partial charge >= 0.3 is 0 Å². The summed E-state index contributed by atoms with van der Waals surface area (Å²) in [5.74, 6) is 0.0313. The number of hydrogen-bond acceptors (Lipinski definition) is 3. The van der Waals surface area contributed by atoms with Crippen LogP contribution < -0.4 is 5.32 Å². The Bertz CT molecular complexity index is 476. The van der Waals surface area contributed by atoms with E-state index in [1.165, 1.54) is 0 Å². The molecule has 2 aromatic rings. The minimum atomic E-state index is 0.0313. The van der Waals surface area contributed by atoms with Crippen molar-refractivity contribution in [2.24, 2.45) is 0 Å². The molecule has 0 saturated carbocycles. The van der Waals surface area contributed by atoms with Gasteiger partial charge in [0.15, 0.2) is 5.78 Å². The number of carbonyl (C=O) groups is 1. The Morgan fingerprint density at radius 1 is 1.31 bits per heavy atom. The van der Waals surface area contributed by atoms with Crippen molar-refractivity contribution in [3.05, 3.63) is 48.3 Å². The number of carbonyl (C=O) groups excluding carboxylic acids is 1. The minimum Gasteiger partial charge on any atom is -0.313 e. The summed E-state index contributed by atoms with van der Waals surface area (Å²) in [6, 6.07) is 11.3. The molecule has 0 saturated heterocycles. The highest BCUT2D eigenvalue weighted by Crippen LogP contribution is 2.09. The van der Waals surface area contributed by atoms with E-state index < -0.39 is 0 Å². The molecular formula is C12H13N3O. The number of hydrogen-bond donors (Lipinski definition) is 1. The van der Waals surface area contributed by atoms with Crippen LogP contribution in [-0.4, -0.2) is 29.2 Å². The Balaban J connectivity index is 2.37. The predicted octanol–water partition coefficient (Wildman–Crippen LogP) is 1.27. The lowest BCUT2D eigenvalue weighted by Gasteiger charge is -2.05. The first-order valence-corrected chi connectivity index (χ1v) is 5.10. The molecule has 1 aromatic carbocycles. The van der Waals surface area contributed by atoms with Crippen LogP contribution in [0.2, 0.25) is 0 Å². The van der Waals surface area contributed by atoms with E-state index >= 15 is 0 Å². The van der Waals surface area contributed by atoms with Crippen LogP contribution in [0.1, 0.15) is 10.5 Å². The first-order chi connectivity index (χ1) is 7.83. The second-order valence-electron chi connectivity index (χ2n) is 3.42. The van der Waals surface area contributed by atoms with Crippen molar-refractivity contribution < 1.29 is 4.79 Å². The number of aromatic nitrogens is 2. The lowest BCUT2D eigenvalue weighted by molar-refractivity contribution is 0.0986. The van der Waals surface area contributed by atoms with Gasteiger partial charge in [-0.1, -0.05) is 18.2 Å². The predicted molar refractivity (Wildman–Crippen MR) is 61.8 cm³/mol. The molecule has 0 spiro atoms. The fourth-order valence-electron chi connectivity index (χ4n) is 1.54. The van der Waals surface area contributed by atoms with Crippen LogP contribution in [0.4, 0.5) is 0 Å². The van der Waals surface area contributed by atoms with Gasteiger partial charge in [-0.25, -0.2) is 4.68 Å². The molecule has 4 nitrogen and oxygen atoms in total. The van der Waals surface area contributed by atoms with E-state index in [0.29, 0.717) is 12.2 Å². The Morgan fingerprint density at radius 2 is 2.06 bits per heavy atom. The third-order valence-corrected chi connectivity index (χ3v) is 2.27. The number of benzene rings is 1. The van der Waals surface area contributed by atoms with Gasteiger partial charge in [-0.2, -0.15) is 5.10 Å². The summed E-state index contributed by atoms with van der Waals surface area (Å²) < 4.78 is 1.65. The quantitative estimate of drug-likeness (QED) is 0.781. The van der Waals surface area contributed by atoms with Crippen LogP contribution in [0.5, 0.6) is 0 Å². The lowest BCUT2D eigenvalue weighted by atomic mass is 10.2. The highest BCUT2D eigenvalue weighted by molar-refractivity contribution is 5.96. The van der Waals surface area contributed by atoms with E-state index in [2.05, 4.69) is 10.4 Å². The highest BCUT2D eigenvalue weighted by atomic mass is 16.1. The molecule has 0 fully saturated rings. The maximum atomic E-state index is 11.8. The van der Waals surface area contributed by atoms with Crippen LogP contribution in [-0.2, 0) is 0 Å². The normalized spacial score (nSPS) is 10.3. The Labute approximate surface area is 93.9 Å². The number of Topliss-reactive ketones (excluding diaryl/α,β-unsaturated/α-hetero) is 1. The number of ketones is 1. The fourth-order valence-corrected chi connectivity index (χ4v) is 1.54. The van der Waals surface area contributed by atoms with Gasteiger partial charge in [0.05, 0.1) is 18.4 Å².